The zero-order valence-corrected chi connectivity index (χ0v) is 11.5. The van der Waals surface area contributed by atoms with Gasteiger partial charge in [0, 0.05) is 18.6 Å². The third-order valence-electron chi connectivity index (χ3n) is 3.87. The van der Waals surface area contributed by atoms with Crippen LogP contribution in [0.15, 0.2) is 0 Å². The summed E-state index contributed by atoms with van der Waals surface area (Å²) in [5.74, 6) is 0. The Balaban J connectivity index is 0.000000921. The van der Waals surface area contributed by atoms with Crippen LogP contribution in [0.25, 0.3) is 0 Å². The Morgan fingerprint density at radius 2 is 2.00 bits per heavy atom. The van der Waals surface area contributed by atoms with E-state index in [0.717, 1.165) is 6.61 Å². The van der Waals surface area contributed by atoms with Crippen molar-refractivity contribution in [3.63, 3.8) is 0 Å². The second kappa shape index (κ2) is 7.24. The zero-order valence-electron chi connectivity index (χ0n) is 11.5. The van der Waals surface area contributed by atoms with Crippen LogP contribution in [0.4, 0.5) is 0 Å². The first-order valence-electron chi connectivity index (χ1n) is 6.35. The van der Waals surface area contributed by atoms with Crippen LogP contribution in [-0.2, 0) is 4.74 Å². The second-order valence-corrected chi connectivity index (χ2v) is 4.41. The van der Waals surface area contributed by atoms with Gasteiger partial charge in [-0.25, -0.2) is 0 Å². The highest BCUT2D eigenvalue weighted by Gasteiger charge is 2.39. The molecule has 0 amide bonds. The fourth-order valence-corrected chi connectivity index (χ4v) is 2.61. The number of methoxy groups -OCH3 is 1. The first-order valence-corrected chi connectivity index (χ1v) is 6.35. The van der Waals surface area contributed by atoms with E-state index in [1.807, 2.05) is 21.0 Å². The molecule has 2 nitrogen and oxygen atoms in total. The van der Waals surface area contributed by atoms with Crippen LogP contribution >= 0.6 is 0 Å². The van der Waals surface area contributed by atoms with E-state index in [9.17, 15) is 0 Å². The van der Waals surface area contributed by atoms with E-state index in [1.54, 1.807) is 0 Å². The first kappa shape index (κ1) is 14.9. The molecule has 1 aliphatic heterocycles. The summed E-state index contributed by atoms with van der Waals surface area (Å²) in [6.07, 6.45) is 3.87. The lowest BCUT2D eigenvalue weighted by Gasteiger charge is -2.46. The average Bonchev–Trinajstić information content (AvgIpc) is 2.28. The summed E-state index contributed by atoms with van der Waals surface area (Å²) in [5, 5.41) is 0. The predicted molar refractivity (Wildman–Crippen MR) is 67.3 cm³/mol. The van der Waals surface area contributed by atoms with Crippen LogP contribution in [0.1, 0.15) is 47.0 Å². The summed E-state index contributed by atoms with van der Waals surface area (Å²) in [5.41, 5.74) is 0.405. The lowest BCUT2D eigenvalue weighted by molar-refractivity contribution is -0.0244. The van der Waals surface area contributed by atoms with Crippen LogP contribution in [0.2, 0.25) is 0 Å². The van der Waals surface area contributed by atoms with Crippen LogP contribution in [0.3, 0.4) is 0 Å². The maximum atomic E-state index is 5.37. The zero-order chi connectivity index (χ0) is 11.9. The predicted octanol–water partition coefficient (Wildman–Crippen LogP) is 3.17. The molecule has 0 N–H and O–H groups in total. The molecule has 2 heteroatoms. The Kier molecular flexibility index (Phi) is 7.20. The lowest BCUT2D eigenvalue weighted by atomic mass is 9.72. The molecule has 0 aromatic heterocycles. The second-order valence-electron chi connectivity index (χ2n) is 4.41. The molecule has 0 saturated carbocycles. The number of hydrogen-bond acceptors (Lipinski definition) is 2. The van der Waals surface area contributed by atoms with Gasteiger partial charge in [-0.3, -0.25) is 0 Å². The Morgan fingerprint density at radius 1 is 1.40 bits per heavy atom. The number of ether oxygens (including phenoxy) is 1. The molecular weight excluding hydrogens is 186 g/mol. The molecule has 0 bridgehead atoms. The first-order chi connectivity index (χ1) is 7.16. The molecule has 15 heavy (non-hydrogen) atoms. The molecule has 0 spiro atoms. The van der Waals surface area contributed by atoms with Gasteiger partial charge in [0.15, 0.2) is 0 Å². The number of rotatable bonds is 3. The summed E-state index contributed by atoms with van der Waals surface area (Å²) in [6, 6.07) is 0.659. The van der Waals surface area contributed by atoms with Crippen LogP contribution < -0.4 is 0 Å². The molecule has 0 radical (unpaired) electrons. The standard InChI is InChI=1S/C11H23NO.C2H6/c1-5-11(9-13-4)7-6-8-12(3)10(11)2;1-2/h10H,5-9H2,1-4H3;1-2H3. The maximum Gasteiger partial charge on any atom is 0.0533 e. The van der Waals surface area contributed by atoms with Gasteiger partial charge in [-0.2, -0.15) is 0 Å². The Labute approximate surface area is 96.0 Å². The van der Waals surface area contributed by atoms with E-state index >= 15 is 0 Å². The minimum absolute atomic E-state index is 0.405. The molecule has 1 rings (SSSR count). The van der Waals surface area contributed by atoms with Gasteiger partial charge < -0.3 is 9.64 Å². The Morgan fingerprint density at radius 3 is 2.47 bits per heavy atom. The molecule has 0 aliphatic carbocycles. The van der Waals surface area contributed by atoms with Crippen molar-refractivity contribution in [1.29, 1.82) is 0 Å². The SMILES string of the molecule is CC.CCC1(COC)CCCN(C)C1C. The van der Waals surface area contributed by atoms with E-state index in [0.29, 0.717) is 11.5 Å². The van der Waals surface area contributed by atoms with Crippen LogP contribution in [-0.4, -0.2) is 38.3 Å². The molecule has 1 fully saturated rings. The van der Waals surface area contributed by atoms with Gasteiger partial charge in [0.05, 0.1) is 6.61 Å². The topological polar surface area (TPSA) is 12.5 Å². The smallest absolute Gasteiger partial charge is 0.0533 e. The van der Waals surface area contributed by atoms with Gasteiger partial charge >= 0.3 is 0 Å². The van der Waals surface area contributed by atoms with Gasteiger partial charge in [-0.1, -0.05) is 20.8 Å². The maximum absolute atomic E-state index is 5.37. The van der Waals surface area contributed by atoms with Crippen LogP contribution in [0, 0.1) is 5.41 Å². The molecule has 1 heterocycles. The monoisotopic (exact) mass is 215 g/mol. The van der Waals surface area contributed by atoms with Gasteiger partial charge in [-0.05, 0) is 39.8 Å². The van der Waals surface area contributed by atoms with Crippen LogP contribution in [0.5, 0.6) is 0 Å². The van der Waals surface area contributed by atoms with Gasteiger partial charge in [0.2, 0.25) is 0 Å². The van der Waals surface area contributed by atoms with Gasteiger partial charge in [0.1, 0.15) is 0 Å². The number of hydrogen-bond donors (Lipinski definition) is 0. The summed E-state index contributed by atoms with van der Waals surface area (Å²) >= 11 is 0. The molecule has 2 unspecified atom stereocenters. The summed E-state index contributed by atoms with van der Waals surface area (Å²) in [7, 11) is 4.04. The van der Waals surface area contributed by atoms with Crippen molar-refractivity contribution in [3.05, 3.63) is 0 Å². The van der Waals surface area contributed by atoms with E-state index in [2.05, 4.69) is 25.8 Å². The lowest BCUT2D eigenvalue weighted by Crippen LogP contribution is -2.50. The quantitative estimate of drug-likeness (QED) is 0.717. The summed E-state index contributed by atoms with van der Waals surface area (Å²) in [6.45, 7) is 10.8. The number of piperidine rings is 1. The fraction of sp³-hybridized carbons (Fsp3) is 1.00. The molecule has 1 saturated heterocycles. The number of nitrogens with zero attached hydrogens (tertiary/aromatic N) is 1. The fourth-order valence-electron chi connectivity index (χ4n) is 2.61. The molecule has 2 atom stereocenters. The van der Waals surface area contributed by atoms with E-state index in [-0.39, 0.29) is 0 Å². The largest absolute Gasteiger partial charge is 0.384 e. The molecular formula is C13H29NO. The highest BCUT2D eigenvalue weighted by Crippen LogP contribution is 2.38. The van der Waals surface area contributed by atoms with Gasteiger partial charge in [-0.15, -0.1) is 0 Å². The molecule has 0 aromatic carbocycles. The number of likely N-dealkylation sites (tertiary alicyclic amines) is 1. The van der Waals surface area contributed by atoms with E-state index < -0.39 is 0 Å². The summed E-state index contributed by atoms with van der Waals surface area (Å²) < 4.78 is 5.37. The van der Waals surface area contributed by atoms with Crippen molar-refractivity contribution < 1.29 is 4.74 Å². The van der Waals surface area contributed by atoms with Crippen molar-refractivity contribution in [2.24, 2.45) is 5.41 Å². The Hall–Kier alpha value is -0.0800. The van der Waals surface area contributed by atoms with E-state index in [4.69, 9.17) is 4.74 Å². The van der Waals surface area contributed by atoms with Gasteiger partial charge in [0.25, 0.3) is 0 Å². The minimum Gasteiger partial charge on any atom is -0.384 e. The molecule has 1 aliphatic rings. The Bertz CT molecular complexity index is 157. The van der Waals surface area contributed by atoms with Crippen molar-refractivity contribution >= 4 is 0 Å². The van der Waals surface area contributed by atoms with Crippen molar-refractivity contribution in [2.75, 3.05) is 27.3 Å². The normalized spacial score (nSPS) is 32.0. The average molecular weight is 215 g/mol. The van der Waals surface area contributed by atoms with Crippen molar-refractivity contribution in [3.8, 4) is 0 Å². The third kappa shape index (κ3) is 3.46. The molecule has 92 valence electrons. The van der Waals surface area contributed by atoms with Crippen molar-refractivity contribution in [1.82, 2.24) is 4.90 Å². The third-order valence-corrected chi connectivity index (χ3v) is 3.87. The summed E-state index contributed by atoms with van der Waals surface area (Å²) in [4.78, 5) is 2.46. The van der Waals surface area contributed by atoms with Crippen molar-refractivity contribution in [2.45, 2.75) is 53.0 Å². The van der Waals surface area contributed by atoms with E-state index in [1.165, 1.54) is 25.8 Å². The molecule has 0 aromatic rings. The highest BCUT2D eigenvalue weighted by atomic mass is 16.5. The minimum atomic E-state index is 0.405. The highest BCUT2D eigenvalue weighted by molar-refractivity contribution is 4.91.